The normalized spacial score (nSPS) is 14.0. The van der Waals surface area contributed by atoms with Gasteiger partial charge >= 0.3 is 0 Å². The lowest BCUT2D eigenvalue weighted by molar-refractivity contribution is 0.673. The van der Waals surface area contributed by atoms with Crippen molar-refractivity contribution in [2.24, 2.45) is 0 Å². The monoisotopic (exact) mass is 659 g/mol. The van der Waals surface area contributed by atoms with E-state index in [1.54, 1.807) is 5.19 Å². The summed E-state index contributed by atoms with van der Waals surface area (Å²) in [5, 5.41) is 12.7. The molecule has 1 aliphatic rings. The van der Waals surface area contributed by atoms with Crippen LogP contribution in [0.25, 0.3) is 74.8 Å². The highest BCUT2D eigenvalue weighted by molar-refractivity contribution is 7.26. The summed E-state index contributed by atoms with van der Waals surface area (Å²) in [6.07, 6.45) is 0. The van der Waals surface area contributed by atoms with E-state index in [0.717, 1.165) is 16.9 Å². The molecule has 8 aromatic carbocycles. The number of rotatable bonds is 3. The Kier molecular flexibility index (Phi) is 5.66. The predicted molar refractivity (Wildman–Crippen MR) is 214 cm³/mol. The average molecular weight is 660 g/mol. The zero-order valence-corrected chi connectivity index (χ0v) is 28.7. The van der Waals surface area contributed by atoms with E-state index in [0.29, 0.717) is 0 Å². The lowest BCUT2D eigenvalue weighted by Crippen LogP contribution is -2.34. The predicted octanol–water partition coefficient (Wildman–Crippen LogP) is 11.7. The molecule has 10 aromatic rings. The third-order valence-electron chi connectivity index (χ3n) is 10.7. The molecule has 1 aliphatic heterocycles. The second-order valence-electron chi connectivity index (χ2n) is 13.3. The zero-order valence-electron chi connectivity index (χ0n) is 26.8. The highest BCUT2D eigenvalue weighted by Crippen LogP contribution is 2.46. The fourth-order valence-electron chi connectivity index (χ4n) is 8.32. The maximum absolute atomic E-state index is 6.76. The summed E-state index contributed by atoms with van der Waals surface area (Å²) in [5.41, 5.74) is 8.24. The molecule has 4 heteroatoms. The number of hydrogen-bond donors (Lipinski definition) is 0. The van der Waals surface area contributed by atoms with Crippen LogP contribution in [0.5, 0.6) is 0 Å². The van der Waals surface area contributed by atoms with Crippen molar-refractivity contribution in [1.82, 2.24) is 0 Å². The number of hydrogen-bond acceptors (Lipinski definition) is 3. The van der Waals surface area contributed by atoms with Crippen molar-refractivity contribution in [3.05, 3.63) is 152 Å². The molecule has 0 aliphatic carbocycles. The number of anilines is 3. The Morgan fingerprint density at radius 3 is 2.14 bits per heavy atom. The smallest absolute Gasteiger partial charge is 0.144 e. The molecular formula is C45H29NOSSi. The third-order valence-corrected chi connectivity index (χ3v) is 14.6. The quantitative estimate of drug-likeness (QED) is 0.176. The van der Waals surface area contributed by atoms with E-state index < -0.39 is 8.80 Å². The van der Waals surface area contributed by atoms with Crippen molar-refractivity contribution >= 4 is 111 Å². The standard InChI is InChI=1S/C45H29NOSSi/c1-49-42-16-7-6-14-33(42)34-19-17-31(26-43(34)49)46(38-15-8-12-27-9-4-5-13-32(27)38)30-18-21-40-37(25-30)44-41(48-40)22-20-35-36-23-28-10-2-3-11-29(28)24-39(36)47-45(35)44/h2-26,49H,1H3. The van der Waals surface area contributed by atoms with Crippen molar-refractivity contribution in [2.45, 2.75) is 6.55 Å². The Hall–Kier alpha value is -5.68. The van der Waals surface area contributed by atoms with Crippen LogP contribution in [-0.2, 0) is 0 Å². The molecular weight excluding hydrogens is 631 g/mol. The minimum atomic E-state index is -1.31. The molecule has 49 heavy (non-hydrogen) atoms. The number of benzene rings is 8. The lowest BCUT2D eigenvalue weighted by Gasteiger charge is -2.28. The Morgan fingerprint density at radius 2 is 1.22 bits per heavy atom. The lowest BCUT2D eigenvalue weighted by atomic mass is 10.0. The molecule has 3 heterocycles. The van der Waals surface area contributed by atoms with Gasteiger partial charge in [0.1, 0.15) is 20.0 Å². The number of thiophene rings is 1. The van der Waals surface area contributed by atoms with E-state index in [1.807, 2.05) is 11.3 Å². The summed E-state index contributed by atoms with van der Waals surface area (Å²) >= 11 is 1.84. The van der Waals surface area contributed by atoms with Crippen LogP contribution in [-0.4, -0.2) is 8.80 Å². The molecule has 11 rings (SSSR count). The summed E-state index contributed by atoms with van der Waals surface area (Å²) in [7, 11) is -1.31. The van der Waals surface area contributed by atoms with Crippen LogP contribution in [0.2, 0.25) is 6.55 Å². The van der Waals surface area contributed by atoms with Crippen molar-refractivity contribution in [2.75, 3.05) is 4.90 Å². The summed E-state index contributed by atoms with van der Waals surface area (Å²) in [5.74, 6) is 0. The Bertz CT molecular complexity index is 2980. The highest BCUT2D eigenvalue weighted by Gasteiger charge is 2.28. The summed E-state index contributed by atoms with van der Waals surface area (Å²) in [6.45, 7) is 2.47. The fourth-order valence-corrected chi connectivity index (χ4v) is 12.0. The van der Waals surface area contributed by atoms with Crippen molar-refractivity contribution < 1.29 is 4.42 Å². The van der Waals surface area contributed by atoms with Crippen LogP contribution in [0.3, 0.4) is 0 Å². The van der Waals surface area contributed by atoms with Gasteiger partial charge in [0.15, 0.2) is 0 Å². The van der Waals surface area contributed by atoms with E-state index in [2.05, 4.69) is 163 Å². The number of nitrogens with zero attached hydrogens (tertiary/aromatic N) is 1. The Balaban J connectivity index is 1.17. The molecule has 1 unspecified atom stereocenters. The average Bonchev–Trinajstić information content (AvgIpc) is 3.79. The van der Waals surface area contributed by atoms with Gasteiger partial charge in [-0.2, -0.15) is 0 Å². The molecule has 0 saturated carbocycles. The van der Waals surface area contributed by atoms with Crippen LogP contribution < -0.4 is 15.3 Å². The molecule has 0 amide bonds. The zero-order chi connectivity index (χ0) is 32.2. The molecule has 0 spiro atoms. The van der Waals surface area contributed by atoms with Gasteiger partial charge in [0.25, 0.3) is 0 Å². The SMILES string of the molecule is C[SiH]1c2ccccc2-c2ccc(N(c3ccc4sc5ccc6c7cc8ccccc8cc7oc6c5c4c3)c3cccc4ccccc34)cc21. The van der Waals surface area contributed by atoms with Crippen LogP contribution in [0.1, 0.15) is 0 Å². The highest BCUT2D eigenvalue weighted by atomic mass is 32.1. The molecule has 0 fully saturated rings. The molecule has 0 N–H and O–H groups in total. The minimum Gasteiger partial charge on any atom is -0.455 e. The van der Waals surface area contributed by atoms with E-state index in [9.17, 15) is 0 Å². The summed E-state index contributed by atoms with van der Waals surface area (Å²) in [6, 6.07) is 56.1. The summed E-state index contributed by atoms with van der Waals surface area (Å²) < 4.78 is 9.27. The number of furan rings is 1. The van der Waals surface area contributed by atoms with Crippen LogP contribution in [0, 0.1) is 0 Å². The molecule has 0 radical (unpaired) electrons. The first-order chi connectivity index (χ1) is 24.2. The van der Waals surface area contributed by atoms with Gasteiger partial charge < -0.3 is 9.32 Å². The Labute approximate surface area is 288 Å². The van der Waals surface area contributed by atoms with Gasteiger partial charge in [0.05, 0.1) is 5.69 Å². The molecule has 0 bridgehead atoms. The fraction of sp³-hybridized carbons (Fsp3) is 0.0222. The van der Waals surface area contributed by atoms with E-state index in [4.69, 9.17) is 4.42 Å². The van der Waals surface area contributed by atoms with Crippen LogP contribution in [0.15, 0.2) is 156 Å². The van der Waals surface area contributed by atoms with Gasteiger partial charge in [-0.05, 0) is 93.1 Å². The number of fused-ring (bicyclic) bond motifs is 12. The van der Waals surface area contributed by atoms with Crippen LogP contribution >= 0.6 is 11.3 Å². The van der Waals surface area contributed by atoms with Gasteiger partial charge in [-0.25, -0.2) is 0 Å². The summed E-state index contributed by atoms with van der Waals surface area (Å²) in [4.78, 5) is 2.47. The van der Waals surface area contributed by atoms with Crippen molar-refractivity contribution in [3.63, 3.8) is 0 Å². The molecule has 2 aromatic heterocycles. The van der Waals surface area contributed by atoms with E-state index in [1.165, 1.54) is 80.2 Å². The second-order valence-corrected chi connectivity index (χ2v) is 17.1. The third kappa shape index (κ3) is 3.93. The van der Waals surface area contributed by atoms with Gasteiger partial charge in [-0.1, -0.05) is 103 Å². The van der Waals surface area contributed by atoms with Gasteiger partial charge in [-0.3, -0.25) is 0 Å². The van der Waals surface area contributed by atoms with Gasteiger partial charge in [0, 0.05) is 47.7 Å². The van der Waals surface area contributed by atoms with E-state index >= 15 is 0 Å². The second kappa shape index (κ2) is 10.2. The molecule has 1 atom stereocenters. The molecule has 230 valence electrons. The minimum absolute atomic E-state index is 0.937. The first-order valence-corrected chi connectivity index (χ1v) is 20.0. The largest absolute Gasteiger partial charge is 0.455 e. The maximum atomic E-state index is 6.76. The Morgan fingerprint density at radius 1 is 0.510 bits per heavy atom. The maximum Gasteiger partial charge on any atom is 0.144 e. The topological polar surface area (TPSA) is 16.4 Å². The first kappa shape index (κ1) is 27.3. The van der Waals surface area contributed by atoms with E-state index in [-0.39, 0.29) is 0 Å². The molecule has 2 nitrogen and oxygen atoms in total. The first-order valence-electron chi connectivity index (χ1n) is 16.9. The molecule has 0 saturated heterocycles. The van der Waals surface area contributed by atoms with Crippen molar-refractivity contribution in [1.29, 1.82) is 0 Å². The van der Waals surface area contributed by atoms with Gasteiger partial charge in [0.2, 0.25) is 0 Å². The van der Waals surface area contributed by atoms with Gasteiger partial charge in [-0.15, -0.1) is 11.3 Å². The van der Waals surface area contributed by atoms with Crippen molar-refractivity contribution in [3.8, 4) is 11.1 Å². The van der Waals surface area contributed by atoms with Crippen LogP contribution in [0.4, 0.5) is 17.1 Å².